The van der Waals surface area contributed by atoms with Crippen molar-refractivity contribution < 1.29 is 15.3 Å². The number of aromatic nitrogens is 1. The molecule has 0 unspecified atom stereocenters. The van der Waals surface area contributed by atoms with E-state index in [0.29, 0.717) is 17.3 Å². The van der Waals surface area contributed by atoms with Crippen molar-refractivity contribution in [1.82, 2.24) is 15.6 Å². The van der Waals surface area contributed by atoms with E-state index in [1.807, 2.05) is 0 Å². The van der Waals surface area contributed by atoms with Gasteiger partial charge in [0, 0.05) is 11.6 Å². The summed E-state index contributed by atoms with van der Waals surface area (Å²) in [5.74, 6) is -2.26. The van der Waals surface area contributed by atoms with Crippen LogP contribution in [-0.2, 0) is 18.6 Å². The molecule has 1 aliphatic rings. The summed E-state index contributed by atoms with van der Waals surface area (Å²) in [7, 11) is 0. The van der Waals surface area contributed by atoms with Crippen LogP contribution in [0.5, 0.6) is 5.75 Å². The molecule has 7 nitrogen and oxygen atoms in total. The predicted octanol–water partition coefficient (Wildman–Crippen LogP) is 2.73. The van der Waals surface area contributed by atoms with Crippen LogP contribution in [0.25, 0.3) is 10.2 Å². The van der Waals surface area contributed by atoms with Crippen molar-refractivity contribution in [2.75, 3.05) is 19.6 Å². The average Bonchev–Trinajstić information content (AvgIpc) is 3.20. The third-order valence-corrected chi connectivity index (χ3v) is 7.31. The summed E-state index contributed by atoms with van der Waals surface area (Å²) in [6, 6.07) is 12.0. The van der Waals surface area contributed by atoms with Crippen LogP contribution in [0.2, 0.25) is 0 Å². The van der Waals surface area contributed by atoms with E-state index in [-0.39, 0.29) is 28.2 Å². The van der Waals surface area contributed by atoms with Crippen LogP contribution >= 0.6 is 11.3 Å². The van der Waals surface area contributed by atoms with Crippen molar-refractivity contribution in [2.45, 2.75) is 56.8 Å². The molecule has 0 radical (unpaired) electrons. The van der Waals surface area contributed by atoms with Crippen LogP contribution < -0.4 is 15.5 Å². The smallest absolute Gasteiger partial charge is 0.305 e. The molecule has 1 aliphatic carbocycles. The Labute approximate surface area is 197 Å². The van der Waals surface area contributed by atoms with Crippen LogP contribution in [0.3, 0.4) is 0 Å². The third-order valence-electron chi connectivity index (χ3n) is 6.39. The topological polar surface area (TPSA) is 118 Å². The molecule has 1 aromatic heterocycles. The molecule has 0 atom stereocenters. The minimum absolute atomic E-state index is 0.0929. The lowest BCUT2D eigenvalue weighted by Crippen LogP contribution is -2.38. The fourth-order valence-electron chi connectivity index (χ4n) is 4.59. The van der Waals surface area contributed by atoms with Crippen LogP contribution in [0, 0.1) is 0 Å². The molecular weight excluding hydrogens is 438 g/mol. The number of aliphatic hydroxyl groups is 2. The van der Waals surface area contributed by atoms with Gasteiger partial charge in [-0.1, -0.05) is 54.9 Å². The van der Waals surface area contributed by atoms with E-state index in [0.717, 1.165) is 30.7 Å². The van der Waals surface area contributed by atoms with Gasteiger partial charge in [0.15, 0.2) is 0 Å². The number of fused-ring (bicyclic) bond motifs is 1. The first-order chi connectivity index (χ1) is 15.9. The fourth-order valence-corrected chi connectivity index (χ4v) is 5.53. The Balaban J connectivity index is 1.27. The van der Waals surface area contributed by atoms with Crippen LogP contribution in [0.15, 0.2) is 41.2 Å². The lowest BCUT2D eigenvalue weighted by atomic mass is 9.95. The number of benzene rings is 2. The van der Waals surface area contributed by atoms with Gasteiger partial charge >= 0.3 is 4.87 Å². The highest BCUT2D eigenvalue weighted by Gasteiger charge is 2.29. The molecular formula is C25H33N3O4S. The first kappa shape index (κ1) is 23.9. The molecule has 4 rings (SSSR count). The Hall–Kier alpha value is -2.23. The number of nitrogens with one attached hydrogen (secondary N) is 3. The molecule has 0 bridgehead atoms. The van der Waals surface area contributed by atoms with E-state index in [2.05, 4.69) is 39.9 Å². The quantitative estimate of drug-likeness (QED) is 0.200. The lowest BCUT2D eigenvalue weighted by molar-refractivity contribution is -0.164. The van der Waals surface area contributed by atoms with Crippen molar-refractivity contribution in [1.29, 1.82) is 0 Å². The SMILES string of the molecule is O=c1[nH]c2c(O)ccc(C(O)(O)CNCCc3cccc(CCNC4CCCCC4)c3)c2s1. The summed E-state index contributed by atoms with van der Waals surface area (Å²) in [5.41, 5.74) is 2.93. The highest BCUT2D eigenvalue weighted by molar-refractivity contribution is 7.16. The van der Waals surface area contributed by atoms with E-state index in [4.69, 9.17) is 0 Å². The summed E-state index contributed by atoms with van der Waals surface area (Å²) < 4.78 is 0.348. The van der Waals surface area contributed by atoms with Gasteiger partial charge in [-0.05, 0) is 62.0 Å². The standard InChI is InChI=1S/C25H33N3O4S/c29-21-10-9-20(23-22(21)28-24(30)33-23)25(31,32)16-26-13-11-17-5-4-6-18(15-17)12-14-27-19-7-2-1-3-8-19/h4-6,9-10,15,19,26-27,29,31-32H,1-3,7-8,11-14,16H2,(H,28,30). The van der Waals surface area contributed by atoms with E-state index >= 15 is 0 Å². The third kappa shape index (κ3) is 6.22. The molecule has 1 saturated carbocycles. The summed E-state index contributed by atoms with van der Waals surface area (Å²) in [6.07, 6.45) is 8.41. The van der Waals surface area contributed by atoms with Crippen molar-refractivity contribution in [3.05, 3.63) is 62.8 Å². The maximum atomic E-state index is 11.7. The van der Waals surface area contributed by atoms with Gasteiger partial charge in [-0.25, -0.2) is 0 Å². The predicted molar refractivity (Wildman–Crippen MR) is 132 cm³/mol. The number of hydrogen-bond donors (Lipinski definition) is 6. The largest absolute Gasteiger partial charge is 0.506 e. The Morgan fingerprint density at radius 3 is 2.52 bits per heavy atom. The molecule has 3 aromatic rings. The normalized spacial score (nSPS) is 15.3. The average molecular weight is 472 g/mol. The number of phenolic OH excluding ortho intramolecular Hbond substituents is 1. The van der Waals surface area contributed by atoms with Crippen molar-refractivity contribution in [3.8, 4) is 5.75 Å². The first-order valence-corrected chi connectivity index (χ1v) is 12.6. The Kier molecular flexibility index (Phi) is 7.82. The number of hydrogen-bond acceptors (Lipinski definition) is 7. The monoisotopic (exact) mass is 471 g/mol. The highest BCUT2D eigenvalue weighted by Crippen LogP contribution is 2.32. The number of thiazole rings is 1. The summed E-state index contributed by atoms with van der Waals surface area (Å²) in [6.45, 7) is 1.48. The van der Waals surface area contributed by atoms with Gasteiger partial charge in [-0.3, -0.25) is 4.79 Å². The van der Waals surface area contributed by atoms with Crippen LogP contribution in [0.1, 0.15) is 48.8 Å². The second-order valence-electron chi connectivity index (χ2n) is 8.95. The van der Waals surface area contributed by atoms with Gasteiger partial charge in [-0.2, -0.15) is 0 Å². The van der Waals surface area contributed by atoms with Gasteiger partial charge in [0.05, 0.1) is 11.2 Å². The van der Waals surface area contributed by atoms with Gasteiger partial charge in [-0.15, -0.1) is 0 Å². The van der Waals surface area contributed by atoms with Gasteiger partial charge in [0.2, 0.25) is 5.79 Å². The lowest BCUT2D eigenvalue weighted by Gasteiger charge is -2.23. The Morgan fingerprint density at radius 2 is 1.76 bits per heavy atom. The van der Waals surface area contributed by atoms with E-state index in [1.54, 1.807) is 0 Å². The van der Waals surface area contributed by atoms with E-state index in [9.17, 15) is 20.1 Å². The second-order valence-corrected chi connectivity index (χ2v) is 9.94. The number of H-pyrrole nitrogens is 1. The minimum Gasteiger partial charge on any atom is -0.506 e. The molecule has 6 N–H and O–H groups in total. The molecule has 8 heteroatoms. The van der Waals surface area contributed by atoms with Crippen molar-refractivity contribution >= 4 is 21.6 Å². The second kappa shape index (κ2) is 10.8. The Morgan fingerprint density at radius 1 is 1.03 bits per heavy atom. The zero-order valence-electron chi connectivity index (χ0n) is 18.8. The molecule has 0 aliphatic heterocycles. The maximum absolute atomic E-state index is 11.7. The van der Waals surface area contributed by atoms with Gasteiger partial charge in [0.25, 0.3) is 0 Å². The zero-order valence-corrected chi connectivity index (χ0v) is 19.6. The molecule has 0 saturated heterocycles. The zero-order chi connectivity index (χ0) is 23.3. The summed E-state index contributed by atoms with van der Waals surface area (Å²) >= 11 is 0.849. The summed E-state index contributed by atoms with van der Waals surface area (Å²) in [4.78, 5) is 13.9. The molecule has 0 spiro atoms. The number of aromatic hydroxyl groups is 1. The van der Waals surface area contributed by atoms with Gasteiger partial charge in [0.1, 0.15) is 11.3 Å². The fraction of sp³-hybridized carbons (Fsp3) is 0.480. The minimum atomic E-state index is -2.16. The maximum Gasteiger partial charge on any atom is 0.305 e. The molecule has 33 heavy (non-hydrogen) atoms. The number of phenols is 1. The highest BCUT2D eigenvalue weighted by atomic mass is 32.1. The molecule has 1 fully saturated rings. The van der Waals surface area contributed by atoms with Gasteiger partial charge < -0.3 is 30.9 Å². The molecule has 2 aromatic carbocycles. The van der Waals surface area contributed by atoms with Crippen molar-refractivity contribution in [2.24, 2.45) is 0 Å². The first-order valence-electron chi connectivity index (χ1n) is 11.7. The number of rotatable bonds is 10. The van der Waals surface area contributed by atoms with E-state index in [1.165, 1.54) is 55.4 Å². The van der Waals surface area contributed by atoms with Crippen molar-refractivity contribution in [3.63, 3.8) is 0 Å². The van der Waals surface area contributed by atoms with E-state index < -0.39 is 5.79 Å². The summed E-state index contributed by atoms with van der Waals surface area (Å²) in [5, 5.41) is 38.0. The van der Waals surface area contributed by atoms with Crippen LogP contribution in [-0.4, -0.2) is 46.0 Å². The number of aromatic amines is 1. The Bertz CT molecular complexity index is 1120. The molecule has 1 heterocycles. The van der Waals surface area contributed by atoms with Crippen LogP contribution in [0.4, 0.5) is 0 Å². The molecule has 178 valence electrons. The molecule has 0 amide bonds.